The van der Waals surface area contributed by atoms with Crippen LogP contribution in [0.25, 0.3) is 6.08 Å². The summed E-state index contributed by atoms with van der Waals surface area (Å²) in [5.41, 5.74) is 1.60. The maximum atomic E-state index is 13.2. The molecule has 0 spiro atoms. The molecular weight excluding hydrogens is 594 g/mol. The lowest BCUT2D eigenvalue weighted by atomic mass is 9.84. The van der Waals surface area contributed by atoms with Crippen LogP contribution in [-0.2, 0) is 28.5 Å². The molecule has 0 saturated carbocycles. The van der Waals surface area contributed by atoms with Crippen molar-refractivity contribution < 1.29 is 48.3 Å². The largest absolute Gasteiger partial charge is 0.462 e. The number of fused-ring (bicyclic) bond motifs is 3. The summed E-state index contributed by atoms with van der Waals surface area (Å²) in [5.74, 6) is -1.68. The maximum Gasteiger partial charge on any atom is 0.337 e. The van der Waals surface area contributed by atoms with E-state index in [1.54, 1.807) is 27.2 Å². The van der Waals surface area contributed by atoms with Crippen molar-refractivity contribution in [1.29, 1.82) is 0 Å². The number of epoxide rings is 1. The number of rotatable bonds is 7. The zero-order valence-electron chi connectivity index (χ0n) is 27.8. The molecule has 4 heterocycles. The summed E-state index contributed by atoms with van der Waals surface area (Å²) in [6.07, 6.45) is 7.08. The Balaban J connectivity index is 1.55. The molecule has 254 valence electrons. The van der Waals surface area contributed by atoms with Gasteiger partial charge in [0.1, 0.15) is 35.9 Å². The minimum atomic E-state index is -1.84. The van der Waals surface area contributed by atoms with E-state index >= 15 is 0 Å². The van der Waals surface area contributed by atoms with Crippen molar-refractivity contribution >= 4 is 18.0 Å². The SMILES string of the molecule is CO[C@@H](C(C)=CC=CC(C)=Cc1coc(C)n1)[C@@H](C)C1C[C@H](O)[C@]2(C)O[C@@H]2C=C[C@@H](C)[C@H]2C[C@H](CC(=O)O2)C[C@@H](O)[C@@H](O)C(=O)O1. The van der Waals surface area contributed by atoms with E-state index in [1.807, 2.05) is 64.2 Å². The second kappa shape index (κ2) is 15.2. The molecule has 3 N–H and O–H groups in total. The number of ether oxygens (including phenoxy) is 4. The van der Waals surface area contributed by atoms with Crippen molar-refractivity contribution in [1.82, 2.24) is 4.98 Å². The fraction of sp³-hybridized carbons (Fsp3) is 0.629. The molecule has 4 rings (SSSR count). The first-order valence-corrected chi connectivity index (χ1v) is 16.0. The first kappa shape index (κ1) is 35.8. The lowest BCUT2D eigenvalue weighted by molar-refractivity contribution is -0.173. The molecule has 3 aliphatic heterocycles. The standard InChI is InChI=1S/C35H49NO10/c1-19(13-25-18-43-23(5)36-25)9-8-10-21(3)33(42-7)22(4)28-17-29(38)35(6)30(46-35)12-11-20(2)27-15-24(16-31(39)44-27)14-26(37)32(40)34(41)45-28/h8-13,18,20,22,24,26-30,32-33,37-38,40H,14-17H2,1-7H3/t20-,22+,24-,26-,27-,28?,29+,30-,32-,33+,35+/m1/s1. The molecular formula is C35H49NO10. The zero-order chi connectivity index (χ0) is 33.8. The summed E-state index contributed by atoms with van der Waals surface area (Å²) >= 11 is 0. The highest BCUT2D eigenvalue weighted by molar-refractivity contribution is 5.75. The van der Waals surface area contributed by atoms with Gasteiger partial charge in [0, 0.05) is 38.7 Å². The summed E-state index contributed by atoms with van der Waals surface area (Å²) < 4.78 is 28.4. The molecule has 0 aliphatic carbocycles. The average molecular weight is 644 g/mol. The summed E-state index contributed by atoms with van der Waals surface area (Å²) in [4.78, 5) is 29.9. The molecule has 0 aromatic carbocycles. The Bertz CT molecular complexity index is 1350. The van der Waals surface area contributed by atoms with Crippen molar-refractivity contribution in [2.24, 2.45) is 17.8 Å². The molecule has 0 radical (unpaired) electrons. The van der Waals surface area contributed by atoms with Gasteiger partial charge in [-0.25, -0.2) is 9.78 Å². The Morgan fingerprint density at radius 1 is 1.13 bits per heavy atom. The molecule has 0 amide bonds. The highest BCUT2D eigenvalue weighted by atomic mass is 16.6. The summed E-state index contributed by atoms with van der Waals surface area (Å²) in [7, 11) is 1.56. The van der Waals surface area contributed by atoms with Crippen LogP contribution in [0.2, 0.25) is 0 Å². The Labute approximate surface area is 271 Å². The number of aliphatic hydroxyl groups excluding tert-OH is 3. The molecule has 11 nitrogen and oxygen atoms in total. The molecule has 2 bridgehead atoms. The number of aliphatic hydroxyl groups is 3. The number of hydrogen-bond donors (Lipinski definition) is 3. The van der Waals surface area contributed by atoms with Crippen LogP contribution >= 0.6 is 0 Å². The minimum Gasteiger partial charge on any atom is -0.462 e. The van der Waals surface area contributed by atoms with Crippen LogP contribution in [-0.4, -0.2) is 87.7 Å². The van der Waals surface area contributed by atoms with Crippen LogP contribution in [0.3, 0.4) is 0 Å². The Hall–Kier alpha value is -3.09. The van der Waals surface area contributed by atoms with Gasteiger partial charge in [-0.15, -0.1) is 0 Å². The summed E-state index contributed by atoms with van der Waals surface area (Å²) in [5, 5.41) is 33.0. The smallest absolute Gasteiger partial charge is 0.337 e. The number of aryl methyl sites for hydroxylation is 1. The third-order valence-corrected chi connectivity index (χ3v) is 9.43. The van der Waals surface area contributed by atoms with Gasteiger partial charge in [0.05, 0.1) is 18.3 Å². The first-order valence-electron chi connectivity index (χ1n) is 16.0. The van der Waals surface area contributed by atoms with Crippen LogP contribution in [0.15, 0.2) is 52.2 Å². The maximum absolute atomic E-state index is 13.2. The molecule has 2 saturated heterocycles. The second-order valence-electron chi connectivity index (χ2n) is 13.2. The number of nitrogens with zero attached hydrogens (tertiary/aromatic N) is 1. The zero-order valence-corrected chi connectivity index (χ0v) is 27.8. The number of carbonyl (C=O) groups is 2. The van der Waals surface area contributed by atoms with Crippen molar-refractivity contribution in [2.45, 2.75) is 116 Å². The predicted octanol–water partition coefficient (Wildman–Crippen LogP) is 4.00. The topological polar surface area (TPSA) is 161 Å². The number of cyclic esters (lactones) is 1. The molecule has 2 fully saturated rings. The number of aromatic nitrogens is 1. The summed E-state index contributed by atoms with van der Waals surface area (Å²) in [6, 6.07) is 0. The first-order chi connectivity index (χ1) is 21.7. The van der Waals surface area contributed by atoms with E-state index in [2.05, 4.69) is 4.98 Å². The molecule has 46 heavy (non-hydrogen) atoms. The molecule has 11 atom stereocenters. The van der Waals surface area contributed by atoms with Gasteiger partial charge in [-0.1, -0.05) is 44.2 Å². The van der Waals surface area contributed by atoms with Gasteiger partial charge in [-0.3, -0.25) is 4.79 Å². The molecule has 1 aromatic rings. The quantitative estimate of drug-likeness (QED) is 0.170. The third-order valence-electron chi connectivity index (χ3n) is 9.43. The second-order valence-corrected chi connectivity index (χ2v) is 13.2. The van der Waals surface area contributed by atoms with Gasteiger partial charge in [0.25, 0.3) is 0 Å². The van der Waals surface area contributed by atoms with E-state index in [9.17, 15) is 24.9 Å². The fourth-order valence-corrected chi connectivity index (χ4v) is 6.41. The van der Waals surface area contributed by atoms with Gasteiger partial charge in [-0.05, 0) is 56.8 Å². The fourth-order valence-electron chi connectivity index (χ4n) is 6.41. The minimum absolute atomic E-state index is 0.0108. The van der Waals surface area contributed by atoms with Gasteiger partial charge >= 0.3 is 11.9 Å². The number of allylic oxidation sites excluding steroid dienone is 4. The van der Waals surface area contributed by atoms with Crippen LogP contribution in [0.1, 0.15) is 71.9 Å². The Morgan fingerprint density at radius 2 is 1.87 bits per heavy atom. The average Bonchev–Trinajstić information content (AvgIpc) is 3.50. The van der Waals surface area contributed by atoms with E-state index < -0.39 is 54.1 Å². The van der Waals surface area contributed by atoms with Gasteiger partial charge in [-0.2, -0.15) is 0 Å². The highest BCUT2D eigenvalue weighted by Crippen LogP contribution is 2.43. The van der Waals surface area contributed by atoms with Gasteiger partial charge in [0.2, 0.25) is 0 Å². The van der Waals surface area contributed by atoms with E-state index in [0.717, 1.165) is 16.8 Å². The van der Waals surface area contributed by atoms with Gasteiger partial charge in [0.15, 0.2) is 12.0 Å². The van der Waals surface area contributed by atoms with Crippen LogP contribution < -0.4 is 0 Å². The number of oxazole rings is 1. The monoisotopic (exact) mass is 643 g/mol. The van der Waals surface area contributed by atoms with E-state index in [1.165, 1.54) is 0 Å². The predicted molar refractivity (Wildman–Crippen MR) is 169 cm³/mol. The Morgan fingerprint density at radius 3 is 2.54 bits per heavy atom. The van der Waals surface area contributed by atoms with Crippen molar-refractivity contribution in [3.63, 3.8) is 0 Å². The lowest BCUT2D eigenvalue weighted by Crippen LogP contribution is -2.45. The van der Waals surface area contributed by atoms with Crippen molar-refractivity contribution in [2.75, 3.05) is 7.11 Å². The van der Waals surface area contributed by atoms with Crippen molar-refractivity contribution in [3.8, 4) is 0 Å². The number of methoxy groups -OCH3 is 1. The number of carbonyl (C=O) groups excluding carboxylic acids is 2. The molecule has 11 heteroatoms. The molecule has 1 aromatic heterocycles. The number of esters is 2. The Kier molecular flexibility index (Phi) is 11.8. The van der Waals surface area contributed by atoms with Crippen LogP contribution in [0, 0.1) is 24.7 Å². The van der Waals surface area contributed by atoms with Crippen LogP contribution in [0.4, 0.5) is 0 Å². The molecule has 3 aliphatic rings. The summed E-state index contributed by atoms with van der Waals surface area (Å²) in [6.45, 7) is 11.2. The molecule has 1 unspecified atom stereocenters. The van der Waals surface area contributed by atoms with Gasteiger partial charge < -0.3 is 38.7 Å². The van der Waals surface area contributed by atoms with E-state index in [0.29, 0.717) is 12.3 Å². The normalized spacial score (nSPS) is 36.1. The number of hydrogen-bond acceptors (Lipinski definition) is 11. The lowest BCUT2D eigenvalue weighted by Gasteiger charge is -2.34. The van der Waals surface area contributed by atoms with E-state index in [-0.39, 0.29) is 43.2 Å². The highest BCUT2D eigenvalue weighted by Gasteiger charge is 2.57. The third kappa shape index (κ3) is 8.83. The van der Waals surface area contributed by atoms with Crippen molar-refractivity contribution in [3.05, 3.63) is 59.4 Å². The van der Waals surface area contributed by atoms with Crippen LogP contribution in [0.5, 0.6) is 0 Å². The van der Waals surface area contributed by atoms with E-state index in [4.69, 9.17) is 23.4 Å².